The second-order valence-electron chi connectivity index (χ2n) is 9.55. The van der Waals surface area contributed by atoms with Gasteiger partial charge in [-0.2, -0.15) is 0 Å². The zero-order chi connectivity index (χ0) is 26.3. The molecule has 5 heterocycles. The summed E-state index contributed by atoms with van der Waals surface area (Å²) in [6.07, 6.45) is 3.59. The second kappa shape index (κ2) is 9.74. The maximum atomic E-state index is 13.5. The van der Waals surface area contributed by atoms with Crippen molar-refractivity contribution in [1.82, 2.24) is 24.8 Å². The van der Waals surface area contributed by atoms with Gasteiger partial charge in [-0.15, -0.1) is 0 Å². The molecule has 11 heteroatoms. The van der Waals surface area contributed by atoms with E-state index in [9.17, 15) is 19.5 Å². The van der Waals surface area contributed by atoms with Gasteiger partial charge in [0.15, 0.2) is 0 Å². The van der Waals surface area contributed by atoms with Crippen LogP contribution in [0.4, 0.5) is 16.3 Å². The van der Waals surface area contributed by atoms with Gasteiger partial charge >= 0.3 is 6.03 Å². The molecule has 0 aromatic carbocycles. The molecule has 1 atom stereocenters. The first-order chi connectivity index (χ1) is 17.7. The number of amides is 4. The van der Waals surface area contributed by atoms with E-state index in [1.165, 1.54) is 13.8 Å². The van der Waals surface area contributed by atoms with Crippen LogP contribution in [0.2, 0.25) is 0 Å². The second-order valence-corrected chi connectivity index (χ2v) is 9.55. The molecule has 1 fully saturated rings. The number of aliphatic hydroxyl groups is 1. The van der Waals surface area contributed by atoms with Gasteiger partial charge in [0.05, 0.1) is 23.4 Å². The van der Waals surface area contributed by atoms with E-state index in [2.05, 4.69) is 15.3 Å². The van der Waals surface area contributed by atoms with Crippen LogP contribution >= 0.6 is 0 Å². The molecule has 5 rings (SSSR count). The third kappa shape index (κ3) is 4.69. The number of aromatic nitrogens is 3. The lowest BCUT2D eigenvalue weighted by atomic mass is 9.99. The number of piperidine rings is 1. The molecular formula is C26H29N7O4. The number of carbonyl (C=O) groups is 3. The van der Waals surface area contributed by atoms with E-state index < -0.39 is 6.10 Å². The van der Waals surface area contributed by atoms with Crippen molar-refractivity contribution in [1.29, 1.82) is 0 Å². The van der Waals surface area contributed by atoms with E-state index in [0.29, 0.717) is 55.0 Å². The number of pyridine rings is 3. The summed E-state index contributed by atoms with van der Waals surface area (Å²) in [7, 11) is 1.76. The van der Waals surface area contributed by atoms with Crippen LogP contribution < -0.4 is 10.2 Å². The Morgan fingerprint density at radius 1 is 1.11 bits per heavy atom. The number of likely N-dealkylation sites (tertiary alicyclic amines) is 1. The van der Waals surface area contributed by atoms with Crippen LogP contribution in [0.5, 0.6) is 0 Å². The van der Waals surface area contributed by atoms with Gasteiger partial charge in [0.25, 0.3) is 5.91 Å². The molecule has 3 aromatic rings. The molecule has 0 radical (unpaired) electrons. The highest BCUT2D eigenvalue weighted by Gasteiger charge is 2.38. The summed E-state index contributed by atoms with van der Waals surface area (Å²) in [6.45, 7) is 4.25. The summed E-state index contributed by atoms with van der Waals surface area (Å²) in [5, 5.41) is 12.3. The molecule has 0 aliphatic carbocycles. The zero-order valence-electron chi connectivity index (χ0n) is 21.0. The summed E-state index contributed by atoms with van der Waals surface area (Å²) in [5.41, 5.74) is 4.40. The Morgan fingerprint density at radius 3 is 2.51 bits per heavy atom. The number of nitrogens with one attached hydrogen (secondary N) is 1. The van der Waals surface area contributed by atoms with Crippen molar-refractivity contribution < 1.29 is 19.5 Å². The monoisotopic (exact) mass is 503 g/mol. The minimum atomic E-state index is -1.04. The van der Waals surface area contributed by atoms with Crippen molar-refractivity contribution in [3.8, 4) is 11.3 Å². The van der Waals surface area contributed by atoms with Gasteiger partial charge in [0.1, 0.15) is 17.4 Å². The topological polar surface area (TPSA) is 132 Å². The van der Waals surface area contributed by atoms with E-state index in [1.54, 1.807) is 35.3 Å². The Kier molecular flexibility index (Phi) is 6.46. The third-order valence-corrected chi connectivity index (χ3v) is 6.80. The van der Waals surface area contributed by atoms with Crippen LogP contribution in [0, 0.1) is 0 Å². The smallest absolute Gasteiger partial charge is 0.324 e. The Hall–Kier alpha value is -4.12. The van der Waals surface area contributed by atoms with Crippen molar-refractivity contribution in [2.45, 2.75) is 45.4 Å². The molecule has 2 aliphatic rings. The molecule has 2 aliphatic heterocycles. The van der Waals surface area contributed by atoms with Crippen molar-refractivity contribution in [2.24, 2.45) is 0 Å². The van der Waals surface area contributed by atoms with Gasteiger partial charge in [-0.1, -0.05) is 0 Å². The predicted octanol–water partition coefficient (Wildman–Crippen LogP) is 2.39. The summed E-state index contributed by atoms with van der Waals surface area (Å²) >= 11 is 0. The van der Waals surface area contributed by atoms with Crippen LogP contribution in [0.1, 0.15) is 32.3 Å². The normalized spacial score (nSPS) is 17.1. The van der Waals surface area contributed by atoms with Crippen LogP contribution in [-0.2, 0) is 16.1 Å². The average molecular weight is 504 g/mol. The summed E-state index contributed by atoms with van der Waals surface area (Å²) < 4.78 is 0. The van der Waals surface area contributed by atoms with Crippen LogP contribution in [0.25, 0.3) is 22.3 Å². The van der Waals surface area contributed by atoms with Crippen molar-refractivity contribution in [3.63, 3.8) is 0 Å². The van der Waals surface area contributed by atoms with Gasteiger partial charge in [-0.3, -0.25) is 19.5 Å². The Balaban J connectivity index is 1.52. The Morgan fingerprint density at radius 2 is 1.86 bits per heavy atom. The molecule has 11 nitrogen and oxygen atoms in total. The number of urea groups is 1. The van der Waals surface area contributed by atoms with Crippen LogP contribution in [0.15, 0.2) is 36.7 Å². The molecule has 37 heavy (non-hydrogen) atoms. The first-order valence-electron chi connectivity index (χ1n) is 12.3. The molecule has 0 spiro atoms. The van der Waals surface area contributed by atoms with Gasteiger partial charge in [-0.25, -0.2) is 14.8 Å². The highest BCUT2D eigenvalue weighted by atomic mass is 16.3. The number of hydrogen-bond donors (Lipinski definition) is 2. The lowest BCUT2D eigenvalue weighted by Gasteiger charge is -2.43. The van der Waals surface area contributed by atoms with Gasteiger partial charge < -0.3 is 20.2 Å². The summed E-state index contributed by atoms with van der Waals surface area (Å²) in [5.74, 6) is -0.0334. The highest BCUT2D eigenvalue weighted by molar-refractivity contribution is 6.04. The SMILES string of the molecule is CC(=O)Nc1ccc(-c2ccc3ncc4c(c3n2)N(C2CCN(C(=O)[C@@H](C)O)CC2)C(=O)N(C)C4)cn1. The largest absolute Gasteiger partial charge is 0.384 e. The number of rotatable bonds is 4. The maximum Gasteiger partial charge on any atom is 0.324 e. The quantitative estimate of drug-likeness (QED) is 0.559. The maximum absolute atomic E-state index is 13.5. The van der Waals surface area contributed by atoms with Crippen molar-refractivity contribution in [3.05, 3.63) is 42.2 Å². The third-order valence-electron chi connectivity index (χ3n) is 6.80. The van der Waals surface area contributed by atoms with Crippen molar-refractivity contribution >= 4 is 40.4 Å². The molecule has 4 amide bonds. The molecule has 2 N–H and O–H groups in total. The standard InChI is InChI=1S/C26H29N7O4/c1-15(34)25(36)32-10-8-19(9-11-32)33-24-18(14-31(3)26(33)37)13-27-21-6-5-20(30-23(21)24)17-4-7-22(28-12-17)29-16(2)35/h4-7,12-13,15,19,34H,8-11,14H2,1-3H3,(H,28,29,35)/t15-/m1/s1. The molecule has 1 saturated heterocycles. The molecule has 0 unspecified atom stereocenters. The lowest BCUT2D eigenvalue weighted by molar-refractivity contribution is -0.140. The Labute approximate surface area is 214 Å². The van der Waals surface area contributed by atoms with E-state index in [0.717, 1.165) is 16.8 Å². The Bertz CT molecular complexity index is 1370. The number of fused-ring (bicyclic) bond motifs is 3. The number of anilines is 2. The first-order valence-corrected chi connectivity index (χ1v) is 12.3. The molecule has 0 saturated carbocycles. The highest BCUT2D eigenvalue weighted by Crippen LogP contribution is 2.37. The first kappa shape index (κ1) is 24.6. The number of carbonyl (C=O) groups excluding carboxylic acids is 3. The number of nitrogens with zero attached hydrogens (tertiary/aromatic N) is 6. The fourth-order valence-corrected chi connectivity index (χ4v) is 4.99. The molecule has 0 bridgehead atoms. The lowest BCUT2D eigenvalue weighted by Crippen LogP contribution is -2.55. The molecule has 192 valence electrons. The van der Waals surface area contributed by atoms with E-state index in [1.807, 2.05) is 23.1 Å². The number of aliphatic hydroxyl groups excluding tert-OH is 1. The predicted molar refractivity (Wildman–Crippen MR) is 138 cm³/mol. The van der Waals surface area contributed by atoms with Gasteiger partial charge in [0.2, 0.25) is 5.91 Å². The van der Waals surface area contributed by atoms with Gasteiger partial charge in [0, 0.05) is 56.6 Å². The minimum absolute atomic E-state index is 0.117. The number of hydrogen-bond acceptors (Lipinski definition) is 7. The van der Waals surface area contributed by atoms with E-state index in [4.69, 9.17) is 4.98 Å². The molecule has 3 aromatic heterocycles. The van der Waals surface area contributed by atoms with Crippen LogP contribution in [-0.4, -0.2) is 80.0 Å². The minimum Gasteiger partial charge on any atom is -0.384 e. The fraction of sp³-hybridized carbons (Fsp3) is 0.385. The summed E-state index contributed by atoms with van der Waals surface area (Å²) in [4.78, 5) is 56.0. The molecular weight excluding hydrogens is 474 g/mol. The summed E-state index contributed by atoms with van der Waals surface area (Å²) in [6, 6.07) is 7.05. The zero-order valence-corrected chi connectivity index (χ0v) is 21.0. The van der Waals surface area contributed by atoms with E-state index >= 15 is 0 Å². The average Bonchev–Trinajstić information content (AvgIpc) is 2.89. The van der Waals surface area contributed by atoms with Crippen LogP contribution in [0.3, 0.4) is 0 Å². The van der Waals surface area contributed by atoms with Gasteiger partial charge in [-0.05, 0) is 44.0 Å². The van der Waals surface area contributed by atoms with Crippen molar-refractivity contribution in [2.75, 3.05) is 30.4 Å². The van der Waals surface area contributed by atoms with E-state index in [-0.39, 0.29) is 23.9 Å². The fourth-order valence-electron chi connectivity index (χ4n) is 4.99.